The SMILES string of the molecule is CC(C)CCn1nnc(C(=O)O)c1CCCOc1ccccc1. The molecule has 0 unspecified atom stereocenters. The standard InChI is InChI=1S/C17H23N3O3/c1-13(2)10-11-20-15(16(17(21)22)18-19-20)9-6-12-23-14-7-4-3-5-8-14/h3-5,7-8,13H,6,9-12H2,1-2H3,(H,21,22). The molecule has 0 fully saturated rings. The Morgan fingerprint density at radius 1 is 1.30 bits per heavy atom. The first-order chi connectivity index (χ1) is 11.1. The Hall–Kier alpha value is -2.37. The van der Waals surface area contributed by atoms with Crippen LogP contribution in [0.3, 0.4) is 0 Å². The van der Waals surface area contributed by atoms with Gasteiger partial charge in [0.2, 0.25) is 0 Å². The van der Waals surface area contributed by atoms with Crippen LogP contribution in [-0.2, 0) is 13.0 Å². The zero-order chi connectivity index (χ0) is 16.7. The maximum atomic E-state index is 11.3. The summed E-state index contributed by atoms with van der Waals surface area (Å²) in [5.74, 6) is 0.318. The number of aryl methyl sites for hydroxylation is 1. The van der Waals surface area contributed by atoms with E-state index < -0.39 is 5.97 Å². The van der Waals surface area contributed by atoms with Crippen molar-refractivity contribution in [1.29, 1.82) is 0 Å². The maximum absolute atomic E-state index is 11.3. The second-order valence-corrected chi connectivity index (χ2v) is 5.86. The number of carboxylic acids is 1. The molecule has 23 heavy (non-hydrogen) atoms. The molecule has 1 N–H and O–H groups in total. The van der Waals surface area contributed by atoms with Crippen LogP contribution in [0.15, 0.2) is 30.3 Å². The van der Waals surface area contributed by atoms with E-state index >= 15 is 0 Å². The quantitative estimate of drug-likeness (QED) is 0.719. The highest BCUT2D eigenvalue weighted by molar-refractivity contribution is 5.86. The Morgan fingerprint density at radius 2 is 2.04 bits per heavy atom. The normalized spacial score (nSPS) is 10.9. The van der Waals surface area contributed by atoms with Crippen molar-refractivity contribution in [3.8, 4) is 5.75 Å². The van der Waals surface area contributed by atoms with Gasteiger partial charge in [-0.1, -0.05) is 37.3 Å². The third-order valence-electron chi connectivity index (χ3n) is 3.53. The van der Waals surface area contributed by atoms with Gasteiger partial charge in [0.05, 0.1) is 12.3 Å². The lowest BCUT2D eigenvalue weighted by Gasteiger charge is -2.09. The number of carboxylic acid groups (broad SMARTS) is 1. The molecule has 6 nitrogen and oxygen atoms in total. The lowest BCUT2D eigenvalue weighted by molar-refractivity contribution is 0.0689. The molecule has 0 aliphatic rings. The highest BCUT2D eigenvalue weighted by atomic mass is 16.5. The van der Waals surface area contributed by atoms with Gasteiger partial charge in [-0.2, -0.15) is 0 Å². The molecule has 0 aliphatic carbocycles. The average Bonchev–Trinajstić information content (AvgIpc) is 2.93. The second kappa shape index (κ2) is 8.31. The summed E-state index contributed by atoms with van der Waals surface area (Å²) >= 11 is 0. The lowest BCUT2D eigenvalue weighted by Crippen LogP contribution is -2.11. The zero-order valence-electron chi connectivity index (χ0n) is 13.6. The number of para-hydroxylation sites is 1. The van der Waals surface area contributed by atoms with Gasteiger partial charge in [-0.3, -0.25) is 0 Å². The molecule has 0 spiro atoms. The van der Waals surface area contributed by atoms with E-state index in [0.29, 0.717) is 37.6 Å². The summed E-state index contributed by atoms with van der Waals surface area (Å²) in [5.41, 5.74) is 0.725. The number of rotatable bonds is 9. The summed E-state index contributed by atoms with van der Waals surface area (Å²) in [7, 11) is 0. The van der Waals surface area contributed by atoms with Crippen molar-refractivity contribution in [3.05, 3.63) is 41.7 Å². The summed E-state index contributed by atoms with van der Waals surface area (Å²) in [6, 6.07) is 9.57. The van der Waals surface area contributed by atoms with Crippen molar-refractivity contribution >= 4 is 5.97 Å². The van der Waals surface area contributed by atoms with Crippen LogP contribution in [0.4, 0.5) is 0 Å². The van der Waals surface area contributed by atoms with Crippen molar-refractivity contribution in [2.75, 3.05) is 6.61 Å². The predicted octanol–water partition coefficient (Wildman–Crippen LogP) is 3.03. The number of hydrogen-bond acceptors (Lipinski definition) is 4. The number of hydrogen-bond donors (Lipinski definition) is 1. The van der Waals surface area contributed by atoms with Crippen LogP contribution in [0, 0.1) is 5.92 Å². The maximum Gasteiger partial charge on any atom is 0.358 e. The number of benzene rings is 1. The van der Waals surface area contributed by atoms with Crippen molar-refractivity contribution in [2.24, 2.45) is 5.92 Å². The molecule has 1 aromatic carbocycles. The Kier molecular flexibility index (Phi) is 6.14. The Morgan fingerprint density at radius 3 is 2.70 bits per heavy atom. The minimum Gasteiger partial charge on any atom is -0.494 e. The first-order valence-electron chi connectivity index (χ1n) is 7.91. The van der Waals surface area contributed by atoms with E-state index in [-0.39, 0.29) is 5.69 Å². The molecule has 2 aromatic rings. The number of ether oxygens (including phenoxy) is 1. The molecule has 124 valence electrons. The molecule has 0 saturated carbocycles. The van der Waals surface area contributed by atoms with E-state index in [0.717, 1.165) is 12.2 Å². The van der Waals surface area contributed by atoms with Crippen molar-refractivity contribution < 1.29 is 14.6 Å². The number of nitrogens with zero attached hydrogens (tertiary/aromatic N) is 3. The highest BCUT2D eigenvalue weighted by Crippen LogP contribution is 2.13. The summed E-state index contributed by atoms with van der Waals surface area (Å²) in [5, 5.41) is 17.0. The molecule has 0 amide bonds. The van der Waals surface area contributed by atoms with Gasteiger partial charge in [0, 0.05) is 6.54 Å². The topological polar surface area (TPSA) is 77.2 Å². The third kappa shape index (κ3) is 5.09. The first kappa shape index (κ1) is 17.0. The van der Waals surface area contributed by atoms with Crippen LogP contribution >= 0.6 is 0 Å². The largest absolute Gasteiger partial charge is 0.494 e. The van der Waals surface area contributed by atoms with Gasteiger partial charge in [0.25, 0.3) is 0 Å². The van der Waals surface area contributed by atoms with E-state index in [1.165, 1.54) is 0 Å². The molecular weight excluding hydrogens is 294 g/mol. The minimum absolute atomic E-state index is 0.0495. The van der Waals surface area contributed by atoms with Crippen LogP contribution in [0.25, 0.3) is 0 Å². The van der Waals surface area contributed by atoms with E-state index in [1.54, 1.807) is 4.68 Å². The van der Waals surface area contributed by atoms with Crippen molar-refractivity contribution in [1.82, 2.24) is 15.0 Å². The summed E-state index contributed by atoms with van der Waals surface area (Å²) in [6.07, 6.45) is 2.24. The molecule has 6 heteroatoms. The second-order valence-electron chi connectivity index (χ2n) is 5.86. The van der Waals surface area contributed by atoms with Gasteiger partial charge in [-0.15, -0.1) is 5.10 Å². The molecular formula is C17H23N3O3. The highest BCUT2D eigenvalue weighted by Gasteiger charge is 2.18. The summed E-state index contributed by atoms with van der Waals surface area (Å²) in [6.45, 7) is 5.47. The smallest absolute Gasteiger partial charge is 0.358 e. The van der Waals surface area contributed by atoms with Gasteiger partial charge < -0.3 is 9.84 Å². The average molecular weight is 317 g/mol. The van der Waals surface area contributed by atoms with Gasteiger partial charge in [-0.05, 0) is 37.3 Å². The van der Waals surface area contributed by atoms with Gasteiger partial charge in [-0.25, -0.2) is 9.48 Å². The molecule has 0 radical (unpaired) electrons. The molecule has 0 atom stereocenters. The number of carbonyl (C=O) groups is 1. The minimum atomic E-state index is -1.03. The number of aromatic carboxylic acids is 1. The van der Waals surface area contributed by atoms with Crippen LogP contribution in [-0.4, -0.2) is 32.7 Å². The van der Waals surface area contributed by atoms with Crippen molar-refractivity contribution in [3.63, 3.8) is 0 Å². The van der Waals surface area contributed by atoms with E-state index in [4.69, 9.17) is 4.74 Å². The molecule has 2 rings (SSSR count). The molecule has 1 aromatic heterocycles. The summed E-state index contributed by atoms with van der Waals surface area (Å²) < 4.78 is 7.36. The Balaban J connectivity index is 1.94. The molecule has 0 bridgehead atoms. The van der Waals surface area contributed by atoms with Crippen LogP contribution < -0.4 is 4.74 Å². The third-order valence-corrected chi connectivity index (χ3v) is 3.53. The van der Waals surface area contributed by atoms with Crippen LogP contribution in [0.5, 0.6) is 5.75 Å². The van der Waals surface area contributed by atoms with Gasteiger partial charge >= 0.3 is 5.97 Å². The number of aromatic nitrogens is 3. The molecule has 0 saturated heterocycles. The first-order valence-corrected chi connectivity index (χ1v) is 7.91. The van der Waals surface area contributed by atoms with Gasteiger partial charge in [0.1, 0.15) is 5.75 Å². The van der Waals surface area contributed by atoms with Crippen LogP contribution in [0.1, 0.15) is 42.9 Å². The predicted molar refractivity (Wildman–Crippen MR) is 86.7 cm³/mol. The van der Waals surface area contributed by atoms with Gasteiger partial charge in [0.15, 0.2) is 5.69 Å². The Bertz CT molecular complexity index is 623. The lowest BCUT2D eigenvalue weighted by atomic mass is 10.1. The molecule has 0 aliphatic heterocycles. The van der Waals surface area contributed by atoms with E-state index in [1.807, 2.05) is 30.3 Å². The summed E-state index contributed by atoms with van der Waals surface area (Å²) in [4.78, 5) is 11.3. The fourth-order valence-corrected chi connectivity index (χ4v) is 2.25. The molecule has 1 heterocycles. The van der Waals surface area contributed by atoms with Crippen LogP contribution in [0.2, 0.25) is 0 Å². The zero-order valence-corrected chi connectivity index (χ0v) is 13.6. The van der Waals surface area contributed by atoms with E-state index in [2.05, 4.69) is 24.2 Å². The van der Waals surface area contributed by atoms with E-state index in [9.17, 15) is 9.90 Å². The fourth-order valence-electron chi connectivity index (χ4n) is 2.25. The van der Waals surface area contributed by atoms with Crippen molar-refractivity contribution in [2.45, 2.75) is 39.7 Å². The Labute approximate surface area is 136 Å². The fraction of sp³-hybridized carbons (Fsp3) is 0.471. The monoisotopic (exact) mass is 317 g/mol.